The van der Waals surface area contributed by atoms with E-state index in [4.69, 9.17) is 4.74 Å². The largest absolute Gasteiger partial charge is 0.457 e. The van der Waals surface area contributed by atoms with E-state index in [0.717, 1.165) is 28.6 Å². The van der Waals surface area contributed by atoms with Crippen LogP contribution >= 0.6 is 0 Å². The molecule has 9 aromatic rings. The van der Waals surface area contributed by atoms with Gasteiger partial charge in [0, 0.05) is 28.1 Å². The molecule has 0 saturated heterocycles. The number of benzene rings is 9. The van der Waals surface area contributed by atoms with Crippen LogP contribution in [0.4, 0.5) is 17.1 Å². The molecule has 0 atom stereocenters. The summed E-state index contributed by atoms with van der Waals surface area (Å²) in [4.78, 5) is 2.47. The van der Waals surface area contributed by atoms with Crippen molar-refractivity contribution in [3.8, 4) is 33.8 Å². The van der Waals surface area contributed by atoms with Crippen LogP contribution in [-0.2, 0) is 10.8 Å². The molecule has 2 nitrogen and oxygen atoms in total. The highest BCUT2D eigenvalue weighted by Gasteiger charge is 2.51. The predicted octanol–water partition coefficient (Wildman–Crippen LogP) is 14.0. The fraction of sp³-hybridized carbons (Fsp3) is 0.0357. The predicted molar refractivity (Wildman–Crippen MR) is 236 cm³/mol. The number of ether oxygens (including phenoxy) is 1. The van der Waals surface area contributed by atoms with Gasteiger partial charge in [0.2, 0.25) is 0 Å². The second-order valence-electron chi connectivity index (χ2n) is 15.5. The van der Waals surface area contributed by atoms with E-state index >= 15 is 0 Å². The average Bonchev–Trinajstić information content (AvgIpc) is 3.76. The Kier molecular flexibility index (Phi) is 7.09. The van der Waals surface area contributed by atoms with Gasteiger partial charge in [0.05, 0.1) is 16.5 Å². The summed E-state index contributed by atoms with van der Waals surface area (Å²) in [7, 11) is 0. The van der Waals surface area contributed by atoms with E-state index in [1.165, 1.54) is 66.8 Å². The summed E-state index contributed by atoms with van der Waals surface area (Å²) in [6.45, 7) is 0. The molecule has 12 rings (SSSR count). The number of nitrogens with zero attached hydrogens (tertiary/aromatic N) is 1. The van der Waals surface area contributed by atoms with Gasteiger partial charge in [0.15, 0.2) is 0 Å². The molecule has 0 amide bonds. The van der Waals surface area contributed by atoms with Crippen molar-refractivity contribution < 1.29 is 4.74 Å². The van der Waals surface area contributed by atoms with E-state index in [-0.39, 0.29) is 0 Å². The zero-order valence-corrected chi connectivity index (χ0v) is 31.7. The minimum Gasteiger partial charge on any atom is -0.457 e. The molecule has 272 valence electrons. The van der Waals surface area contributed by atoms with Gasteiger partial charge >= 0.3 is 0 Å². The summed E-state index contributed by atoms with van der Waals surface area (Å²) < 4.78 is 6.62. The summed E-state index contributed by atoms with van der Waals surface area (Å²) in [5.74, 6) is 1.80. The Morgan fingerprint density at radius 2 is 0.793 bits per heavy atom. The van der Waals surface area contributed by atoms with Crippen LogP contribution in [0, 0.1) is 0 Å². The van der Waals surface area contributed by atoms with Crippen molar-refractivity contribution in [1.82, 2.24) is 0 Å². The van der Waals surface area contributed by atoms with E-state index in [0.29, 0.717) is 0 Å². The summed E-state index contributed by atoms with van der Waals surface area (Å²) in [6, 6.07) is 82.2. The summed E-state index contributed by atoms with van der Waals surface area (Å²) in [5, 5.41) is 0. The second kappa shape index (κ2) is 12.5. The van der Waals surface area contributed by atoms with Gasteiger partial charge in [-0.2, -0.15) is 0 Å². The average molecular weight is 740 g/mol. The van der Waals surface area contributed by atoms with Crippen LogP contribution in [0.1, 0.15) is 44.5 Å². The van der Waals surface area contributed by atoms with Crippen molar-refractivity contribution in [2.75, 3.05) is 4.90 Å². The molecule has 0 N–H and O–H groups in total. The van der Waals surface area contributed by atoms with Crippen LogP contribution in [0.5, 0.6) is 11.5 Å². The Labute approximate surface area is 338 Å². The van der Waals surface area contributed by atoms with Gasteiger partial charge in [-0.3, -0.25) is 0 Å². The van der Waals surface area contributed by atoms with Gasteiger partial charge in [-0.05, 0) is 92.5 Å². The van der Waals surface area contributed by atoms with Crippen LogP contribution in [0.25, 0.3) is 22.3 Å². The minimum absolute atomic E-state index is 0.500. The number of anilines is 3. The SMILES string of the molecule is c1ccc(N(c2ccc3c(c2)-c2ccccc2C32c3ccccc3Oc3ccccc32)c2cccc3c2-c2ccccc2C3(c2ccccc2)c2ccccc2)cc1. The molecule has 1 aliphatic heterocycles. The lowest BCUT2D eigenvalue weighted by Crippen LogP contribution is -2.32. The van der Waals surface area contributed by atoms with Gasteiger partial charge in [0.1, 0.15) is 11.5 Å². The maximum atomic E-state index is 6.62. The fourth-order valence-corrected chi connectivity index (χ4v) is 10.7. The van der Waals surface area contributed by atoms with Crippen molar-refractivity contribution in [3.05, 3.63) is 269 Å². The second-order valence-corrected chi connectivity index (χ2v) is 15.5. The monoisotopic (exact) mass is 739 g/mol. The van der Waals surface area contributed by atoms with Crippen LogP contribution in [0.3, 0.4) is 0 Å². The van der Waals surface area contributed by atoms with E-state index < -0.39 is 10.8 Å². The normalized spacial score (nSPS) is 14.3. The first-order valence-corrected chi connectivity index (χ1v) is 20.1. The van der Waals surface area contributed by atoms with Crippen LogP contribution < -0.4 is 9.64 Å². The van der Waals surface area contributed by atoms with Crippen molar-refractivity contribution in [2.24, 2.45) is 0 Å². The van der Waals surface area contributed by atoms with Gasteiger partial charge < -0.3 is 9.64 Å². The molecule has 3 aliphatic rings. The third-order valence-corrected chi connectivity index (χ3v) is 12.8. The van der Waals surface area contributed by atoms with Gasteiger partial charge in [-0.25, -0.2) is 0 Å². The first-order valence-electron chi connectivity index (χ1n) is 20.1. The first-order chi connectivity index (χ1) is 28.8. The molecule has 9 aromatic carbocycles. The molecular weight excluding hydrogens is 703 g/mol. The highest BCUT2D eigenvalue weighted by atomic mass is 16.5. The molecule has 58 heavy (non-hydrogen) atoms. The van der Waals surface area contributed by atoms with E-state index in [9.17, 15) is 0 Å². The highest BCUT2D eigenvalue weighted by molar-refractivity contribution is 5.99. The molecule has 0 aromatic heterocycles. The number of fused-ring (bicyclic) bond motifs is 12. The molecule has 1 heterocycles. The summed E-state index contributed by atoms with van der Waals surface area (Å²) in [6.07, 6.45) is 0. The molecule has 0 bridgehead atoms. The molecular formula is C56H37NO. The third-order valence-electron chi connectivity index (χ3n) is 12.8. The lowest BCUT2D eigenvalue weighted by Gasteiger charge is -2.39. The Morgan fingerprint density at radius 3 is 1.43 bits per heavy atom. The lowest BCUT2D eigenvalue weighted by atomic mass is 9.66. The first kappa shape index (κ1) is 32.8. The molecule has 0 unspecified atom stereocenters. The van der Waals surface area contributed by atoms with Crippen molar-refractivity contribution in [3.63, 3.8) is 0 Å². The highest BCUT2D eigenvalue weighted by Crippen LogP contribution is 2.63. The lowest BCUT2D eigenvalue weighted by molar-refractivity contribution is 0.436. The topological polar surface area (TPSA) is 12.5 Å². The molecule has 1 spiro atoms. The number of rotatable bonds is 5. The van der Waals surface area contributed by atoms with Gasteiger partial charge in [0.25, 0.3) is 0 Å². The minimum atomic E-state index is -0.522. The van der Waals surface area contributed by atoms with Crippen molar-refractivity contribution >= 4 is 17.1 Å². The third kappa shape index (κ3) is 4.32. The Balaban J connectivity index is 1.14. The Hall–Kier alpha value is -7.42. The smallest absolute Gasteiger partial charge is 0.132 e. The molecule has 0 saturated carbocycles. The molecule has 2 aliphatic carbocycles. The Morgan fingerprint density at radius 1 is 0.310 bits per heavy atom. The summed E-state index contributed by atoms with van der Waals surface area (Å²) >= 11 is 0. The summed E-state index contributed by atoms with van der Waals surface area (Å²) in [5.41, 5.74) is 17.3. The Bertz CT molecular complexity index is 2960. The van der Waals surface area contributed by atoms with Crippen LogP contribution in [0.15, 0.2) is 224 Å². The molecule has 0 fully saturated rings. The van der Waals surface area contributed by atoms with Crippen LogP contribution in [-0.4, -0.2) is 0 Å². The van der Waals surface area contributed by atoms with Gasteiger partial charge in [-0.15, -0.1) is 0 Å². The number of hydrogen-bond donors (Lipinski definition) is 0. The van der Waals surface area contributed by atoms with Crippen LogP contribution in [0.2, 0.25) is 0 Å². The number of hydrogen-bond acceptors (Lipinski definition) is 2. The molecule has 0 radical (unpaired) electrons. The van der Waals surface area contributed by atoms with E-state index in [2.05, 4.69) is 229 Å². The zero-order chi connectivity index (χ0) is 38.3. The van der Waals surface area contributed by atoms with Crippen molar-refractivity contribution in [1.29, 1.82) is 0 Å². The molecule has 2 heteroatoms. The quantitative estimate of drug-likeness (QED) is 0.174. The zero-order valence-electron chi connectivity index (χ0n) is 31.7. The van der Waals surface area contributed by atoms with E-state index in [1.807, 2.05) is 0 Å². The number of para-hydroxylation sites is 3. The van der Waals surface area contributed by atoms with Crippen molar-refractivity contribution in [2.45, 2.75) is 10.8 Å². The maximum Gasteiger partial charge on any atom is 0.132 e. The van der Waals surface area contributed by atoms with E-state index in [1.54, 1.807) is 0 Å². The maximum absolute atomic E-state index is 6.62. The standard InChI is InChI=1S/C56H37NO/c1-4-19-38(20-5-1)55(39-21-6-2-7-22-39)46-28-13-11-26-43(46)54-50(55)31-18-32-51(54)57(40-23-8-3-9-24-40)41-35-36-47-44(37-41)42-25-10-12-27-45(42)56(47)48-29-14-16-33-52(48)58-53-34-17-15-30-49(53)56/h1-37H. The van der Waals surface area contributed by atoms with Gasteiger partial charge in [-0.1, -0.05) is 182 Å². The fourth-order valence-electron chi connectivity index (χ4n) is 10.7.